The highest BCUT2D eigenvalue weighted by Crippen LogP contribution is 2.26. The fourth-order valence-electron chi connectivity index (χ4n) is 2.17. The van der Waals surface area contributed by atoms with Crippen LogP contribution in [0.4, 0.5) is 0 Å². The predicted octanol–water partition coefficient (Wildman–Crippen LogP) is 3.29. The van der Waals surface area contributed by atoms with Crippen molar-refractivity contribution >= 4 is 11.3 Å². The second-order valence-electron chi connectivity index (χ2n) is 5.12. The maximum absolute atomic E-state index is 5.29. The van der Waals surface area contributed by atoms with Crippen LogP contribution in [0, 0.1) is 13.8 Å². The molecule has 0 amide bonds. The fraction of sp³-hybridized carbons (Fsp3) is 0.643. The zero-order chi connectivity index (χ0) is 14.7. The standard InChI is InChI=1S/C14H22N4OS/c1-6-7-12-16-13(19-17-12)8-18(5)9(2)14-10(3)20-11(4)15-14/h9H,6-8H2,1-5H3. The van der Waals surface area contributed by atoms with Crippen molar-refractivity contribution in [3.63, 3.8) is 0 Å². The lowest BCUT2D eigenvalue weighted by molar-refractivity contribution is 0.213. The molecular formula is C14H22N4OS. The molecule has 0 aliphatic carbocycles. The van der Waals surface area contributed by atoms with E-state index in [-0.39, 0.29) is 6.04 Å². The van der Waals surface area contributed by atoms with Gasteiger partial charge in [0.15, 0.2) is 5.82 Å². The Morgan fingerprint density at radius 1 is 1.30 bits per heavy atom. The van der Waals surface area contributed by atoms with Gasteiger partial charge in [0.2, 0.25) is 5.89 Å². The molecule has 1 unspecified atom stereocenters. The largest absolute Gasteiger partial charge is 0.338 e. The molecule has 0 aromatic carbocycles. The van der Waals surface area contributed by atoms with Crippen LogP contribution in [0.2, 0.25) is 0 Å². The molecule has 0 bridgehead atoms. The molecule has 0 aliphatic rings. The minimum absolute atomic E-state index is 0.237. The summed E-state index contributed by atoms with van der Waals surface area (Å²) in [4.78, 5) is 12.5. The maximum atomic E-state index is 5.29. The number of aromatic nitrogens is 3. The van der Waals surface area contributed by atoms with Crippen LogP contribution in [-0.2, 0) is 13.0 Å². The van der Waals surface area contributed by atoms with E-state index >= 15 is 0 Å². The van der Waals surface area contributed by atoms with Gasteiger partial charge < -0.3 is 4.52 Å². The normalized spacial score (nSPS) is 13.1. The SMILES string of the molecule is CCCc1noc(CN(C)C(C)c2nc(C)sc2C)n1. The zero-order valence-electron chi connectivity index (χ0n) is 12.8. The molecule has 2 aromatic heterocycles. The van der Waals surface area contributed by atoms with Gasteiger partial charge in [-0.2, -0.15) is 4.98 Å². The summed E-state index contributed by atoms with van der Waals surface area (Å²) in [6.45, 7) is 9.08. The van der Waals surface area contributed by atoms with Crippen molar-refractivity contribution in [2.75, 3.05) is 7.05 Å². The van der Waals surface area contributed by atoms with Crippen LogP contribution in [-0.4, -0.2) is 27.1 Å². The summed E-state index contributed by atoms with van der Waals surface area (Å²) in [5, 5.41) is 5.10. The molecule has 2 aromatic rings. The Bertz CT molecular complexity index is 563. The van der Waals surface area contributed by atoms with E-state index in [9.17, 15) is 0 Å². The lowest BCUT2D eigenvalue weighted by atomic mass is 10.2. The summed E-state index contributed by atoms with van der Waals surface area (Å²) >= 11 is 1.74. The van der Waals surface area contributed by atoms with Crippen LogP contribution in [0.1, 0.15) is 53.6 Å². The Morgan fingerprint density at radius 2 is 2.05 bits per heavy atom. The number of rotatable bonds is 6. The van der Waals surface area contributed by atoms with E-state index in [2.05, 4.69) is 47.8 Å². The third kappa shape index (κ3) is 3.43. The third-order valence-electron chi connectivity index (χ3n) is 3.36. The third-order valence-corrected chi connectivity index (χ3v) is 4.27. The highest BCUT2D eigenvalue weighted by molar-refractivity contribution is 7.11. The second-order valence-corrected chi connectivity index (χ2v) is 6.53. The van der Waals surface area contributed by atoms with Gasteiger partial charge in [0, 0.05) is 11.3 Å². The molecule has 6 heteroatoms. The maximum Gasteiger partial charge on any atom is 0.240 e. The Morgan fingerprint density at radius 3 is 2.65 bits per heavy atom. The Hall–Kier alpha value is -1.27. The molecule has 0 aliphatic heterocycles. The fourth-order valence-corrected chi connectivity index (χ4v) is 3.08. The van der Waals surface area contributed by atoms with Crippen molar-refractivity contribution in [1.29, 1.82) is 0 Å². The summed E-state index contributed by atoms with van der Waals surface area (Å²) in [5.74, 6) is 1.47. The van der Waals surface area contributed by atoms with Crippen LogP contribution in [0.5, 0.6) is 0 Å². The summed E-state index contributed by atoms with van der Waals surface area (Å²) in [6, 6.07) is 0.237. The Labute approximate surface area is 124 Å². The average Bonchev–Trinajstić information content (AvgIpc) is 2.95. The predicted molar refractivity (Wildman–Crippen MR) is 79.8 cm³/mol. The van der Waals surface area contributed by atoms with E-state index in [1.54, 1.807) is 11.3 Å². The first-order chi connectivity index (χ1) is 9.51. The zero-order valence-corrected chi connectivity index (χ0v) is 13.6. The van der Waals surface area contributed by atoms with Gasteiger partial charge in [-0.1, -0.05) is 12.1 Å². The van der Waals surface area contributed by atoms with Crippen molar-refractivity contribution in [2.45, 2.75) is 53.1 Å². The van der Waals surface area contributed by atoms with Gasteiger partial charge in [-0.25, -0.2) is 4.98 Å². The summed E-state index contributed by atoms with van der Waals surface area (Å²) in [5.41, 5.74) is 1.14. The number of nitrogens with zero attached hydrogens (tertiary/aromatic N) is 4. The minimum Gasteiger partial charge on any atom is -0.338 e. The minimum atomic E-state index is 0.237. The van der Waals surface area contributed by atoms with Crippen molar-refractivity contribution in [3.05, 3.63) is 27.3 Å². The molecule has 1 atom stereocenters. The van der Waals surface area contributed by atoms with Crippen molar-refractivity contribution in [3.8, 4) is 0 Å². The second kappa shape index (κ2) is 6.45. The highest BCUT2D eigenvalue weighted by Gasteiger charge is 2.19. The van der Waals surface area contributed by atoms with Crippen LogP contribution < -0.4 is 0 Å². The van der Waals surface area contributed by atoms with Gasteiger partial charge in [-0.05, 0) is 34.2 Å². The number of thiazole rings is 1. The van der Waals surface area contributed by atoms with Gasteiger partial charge in [-0.3, -0.25) is 4.90 Å². The van der Waals surface area contributed by atoms with E-state index in [1.165, 1.54) is 4.88 Å². The van der Waals surface area contributed by atoms with Crippen LogP contribution in [0.3, 0.4) is 0 Å². The first-order valence-electron chi connectivity index (χ1n) is 6.96. The molecule has 0 saturated carbocycles. The molecule has 20 heavy (non-hydrogen) atoms. The summed E-state index contributed by atoms with van der Waals surface area (Å²) in [6.07, 6.45) is 1.90. The van der Waals surface area contributed by atoms with Gasteiger partial charge in [-0.15, -0.1) is 11.3 Å². The van der Waals surface area contributed by atoms with E-state index in [4.69, 9.17) is 4.52 Å². The molecule has 0 spiro atoms. The van der Waals surface area contributed by atoms with Crippen LogP contribution >= 0.6 is 11.3 Å². The lowest BCUT2D eigenvalue weighted by Gasteiger charge is -2.22. The first kappa shape index (κ1) is 15.1. The first-order valence-corrected chi connectivity index (χ1v) is 7.78. The molecular weight excluding hydrogens is 272 g/mol. The molecule has 0 fully saturated rings. The number of hydrogen-bond acceptors (Lipinski definition) is 6. The number of aryl methyl sites for hydroxylation is 3. The molecule has 5 nitrogen and oxygen atoms in total. The van der Waals surface area contributed by atoms with Crippen molar-refractivity contribution < 1.29 is 4.52 Å². The van der Waals surface area contributed by atoms with Crippen LogP contribution in [0.15, 0.2) is 4.52 Å². The molecule has 0 saturated heterocycles. The summed E-state index contributed by atoms with van der Waals surface area (Å²) in [7, 11) is 2.06. The Kier molecular flexibility index (Phi) is 4.88. The van der Waals surface area contributed by atoms with E-state index in [1.807, 2.05) is 6.92 Å². The molecule has 0 radical (unpaired) electrons. The van der Waals surface area contributed by atoms with Crippen molar-refractivity contribution in [2.24, 2.45) is 0 Å². The van der Waals surface area contributed by atoms with Gasteiger partial charge in [0.05, 0.1) is 23.3 Å². The quantitative estimate of drug-likeness (QED) is 0.818. The lowest BCUT2D eigenvalue weighted by Crippen LogP contribution is -2.23. The van der Waals surface area contributed by atoms with Crippen molar-refractivity contribution in [1.82, 2.24) is 20.0 Å². The number of hydrogen-bond donors (Lipinski definition) is 0. The van der Waals surface area contributed by atoms with Gasteiger partial charge >= 0.3 is 0 Å². The Balaban J connectivity index is 2.03. The highest BCUT2D eigenvalue weighted by atomic mass is 32.1. The molecule has 0 N–H and O–H groups in total. The monoisotopic (exact) mass is 294 g/mol. The average molecular weight is 294 g/mol. The molecule has 2 heterocycles. The topological polar surface area (TPSA) is 55.1 Å². The van der Waals surface area contributed by atoms with E-state index in [0.717, 1.165) is 29.4 Å². The van der Waals surface area contributed by atoms with Gasteiger partial charge in [0.1, 0.15) is 0 Å². The van der Waals surface area contributed by atoms with Gasteiger partial charge in [0.25, 0.3) is 0 Å². The smallest absolute Gasteiger partial charge is 0.240 e. The van der Waals surface area contributed by atoms with E-state index in [0.29, 0.717) is 12.4 Å². The molecule has 110 valence electrons. The van der Waals surface area contributed by atoms with E-state index < -0.39 is 0 Å². The summed E-state index contributed by atoms with van der Waals surface area (Å²) < 4.78 is 5.29. The molecule has 2 rings (SSSR count). The van der Waals surface area contributed by atoms with Crippen LogP contribution in [0.25, 0.3) is 0 Å².